The van der Waals surface area contributed by atoms with Crippen LogP contribution in [0.1, 0.15) is 22.3 Å². The van der Waals surface area contributed by atoms with Gasteiger partial charge in [0.25, 0.3) is 11.6 Å². The van der Waals surface area contributed by atoms with Crippen molar-refractivity contribution >= 4 is 11.6 Å². The van der Waals surface area contributed by atoms with Crippen molar-refractivity contribution in [2.45, 2.75) is 13.3 Å². The largest absolute Gasteiger partial charge is 0.277 e. The number of carbonyl (C=O) groups is 1. The van der Waals surface area contributed by atoms with Crippen LogP contribution in [-0.2, 0) is 4.84 Å². The molecule has 1 aromatic rings. The van der Waals surface area contributed by atoms with Crippen LogP contribution >= 0.6 is 0 Å². The molecule has 0 bridgehead atoms. The summed E-state index contributed by atoms with van der Waals surface area (Å²) in [6, 6.07) is 4.44. The van der Waals surface area contributed by atoms with Gasteiger partial charge in [0.1, 0.15) is 0 Å². The second-order valence-corrected chi connectivity index (χ2v) is 3.85. The molecule has 0 aromatic heterocycles. The van der Waals surface area contributed by atoms with Crippen molar-refractivity contribution in [2.24, 2.45) is 0 Å². The van der Waals surface area contributed by atoms with Crippen LogP contribution in [0.3, 0.4) is 0 Å². The lowest BCUT2D eigenvalue weighted by molar-refractivity contribution is -0.385. The fraction of sp³-hybridized carbons (Fsp3) is 0.364. The second-order valence-electron chi connectivity index (χ2n) is 3.85. The van der Waals surface area contributed by atoms with Gasteiger partial charge in [0.05, 0.1) is 18.1 Å². The summed E-state index contributed by atoms with van der Waals surface area (Å²) >= 11 is 0. The molecule has 0 saturated carbocycles. The summed E-state index contributed by atoms with van der Waals surface area (Å²) in [5.74, 6) is -0.328. The van der Waals surface area contributed by atoms with Crippen molar-refractivity contribution < 1.29 is 14.6 Å². The number of amides is 1. The molecule has 17 heavy (non-hydrogen) atoms. The second kappa shape index (κ2) is 4.50. The van der Waals surface area contributed by atoms with Crippen LogP contribution < -0.4 is 0 Å². The Morgan fingerprint density at radius 3 is 2.88 bits per heavy atom. The van der Waals surface area contributed by atoms with Crippen LogP contribution in [0.4, 0.5) is 5.69 Å². The highest BCUT2D eigenvalue weighted by Crippen LogP contribution is 2.21. The number of nitrogens with zero attached hydrogens (tertiary/aromatic N) is 2. The molecule has 0 N–H and O–H groups in total. The summed E-state index contributed by atoms with van der Waals surface area (Å²) in [5.41, 5.74) is 0.771. The Balaban J connectivity index is 2.29. The van der Waals surface area contributed by atoms with Gasteiger partial charge in [0.2, 0.25) is 0 Å². The lowest BCUT2D eigenvalue weighted by Gasteiger charge is -2.13. The standard InChI is InChI=1S/C11H12N2O4/c1-8-3-4-9(7-10(8)13(15)16)11(14)12-5-2-6-17-12/h3-4,7H,2,5-6H2,1H3. The van der Waals surface area contributed by atoms with Gasteiger partial charge in [-0.1, -0.05) is 6.07 Å². The summed E-state index contributed by atoms with van der Waals surface area (Å²) in [5, 5.41) is 12.0. The summed E-state index contributed by atoms with van der Waals surface area (Å²) in [6.07, 6.45) is 0.791. The highest BCUT2D eigenvalue weighted by molar-refractivity contribution is 5.94. The van der Waals surface area contributed by atoms with Crippen molar-refractivity contribution in [1.82, 2.24) is 5.06 Å². The first-order valence-electron chi connectivity index (χ1n) is 5.29. The Morgan fingerprint density at radius 1 is 1.53 bits per heavy atom. The Bertz CT molecular complexity index is 467. The van der Waals surface area contributed by atoms with E-state index in [0.29, 0.717) is 18.7 Å². The fourth-order valence-corrected chi connectivity index (χ4v) is 1.69. The van der Waals surface area contributed by atoms with Crippen molar-refractivity contribution in [2.75, 3.05) is 13.2 Å². The van der Waals surface area contributed by atoms with Crippen LogP contribution in [0.2, 0.25) is 0 Å². The maximum absolute atomic E-state index is 11.9. The van der Waals surface area contributed by atoms with Gasteiger partial charge >= 0.3 is 0 Å². The molecule has 0 spiro atoms. The number of aryl methyl sites for hydroxylation is 1. The van der Waals surface area contributed by atoms with E-state index in [2.05, 4.69) is 0 Å². The number of benzene rings is 1. The normalized spacial score (nSPS) is 15.0. The number of hydrogen-bond donors (Lipinski definition) is 0. The quantitative estimate of drug-likeness (QED) is 0.578. The molecule has 1 amide bonds. The van der Waals surface area contributed by atoms with E-state index in [1.54, 1.807) is 19.1 Å². The zero-order valence-electron chi connectivity index (χ0n) is 9.38. The van der Waals surface area contributed by atoms with Gasteiger partial charge in [-0.15, -0.1) is 0 Å². The molecular formula is C11H12N2O4. The van der Waals surface area contributed by atoms with Gasteiger partial charge in [0, 0.05) is 17.2 Å². The van der Waals surface area contributed by atoms with Crippen LogP contribution in [0.15, 0.2) is 18.2 Å². The van der Waals surface area contributed by atoms with E-state index in [1.165, 1.54) is 11.1 Å². The monoisotopic (exact) mass is 236 g/mol. The third-order valence-corrected chi connectivity index (χ3v) is 2.63. The van der Waals surface area contributed by atoms with E-state index in [4.69, 9.17) is 4.84 Å². The Kier molecular flexibility index (Phi) is 3.06. The SMILES string of the molecule is Cc1ccc(C(=O)N2CCCO2)cc1[N+](=O)[O-]. The third-order valence-electron chi connectivity index (χ3n) is 2.63. The van der Waals surface area contributed by atoms with Gasteiger partial charge in [-0.3, -0.25) is 19.7 Å². The predicted octanol–water partition coefficient (Wildman–Crippen LogP) is 1.68. The molecule has 1 heterocycles. The van der Waals surface area contributed by atoms with E-state index in [9.17, 15) is 14.9 Å². The Labute approximate surface area is 97.9 Å². The summed E-state index contributed by atoms with van der Waals surface area (Å²) in [7, 11) is 0. The zero-order chi connectivity index (χ0) is 12.4. The average molecular weight is 236 g/mol. The molecule has 1 aliphatic heterocycles. The molecule has 1 aliphatic rings. The minimum absolute atomic E-state index is 0.0463. The van der Waals surface area contributed by atoms with Gasteiger partial charge in [0.15, 0.2) is 0 Å². The van der Waals surface area contributed by atoms with Crippen LogP contribution in [-0.4, -0.2) is 29.0 Å². The summed E-state index contributed by atoms with van der Waals surface area (Å²) in [4.78, 5) is 27.3. The molecule has 0 atom stereocenters. The van der Waals surface area contributed by atoms with Gasteiger partial charge in [-0.25, -0.2) is 5.06 Å². The zero-order valence-corrected chi connectivity index (χ0v) is 9.38. The number of nitro groups is 1. The van der Waals surface area contributed by atoms with E-state index >= 15 is 0 Å². The molecule has 6 heteroatoms. The first-order chi connectivity index (χ1) is 8.09. The molecule has 1 fully saturated rings. The number of carbonyl (C=O) groups excluding carboxylic acids is 1. The van der Waals surface area contributed by atoms with E-state index in [-0.39, 0.29) is 17.2 Å². The smallest absolute Gasteiger partial charge is 0.271 e. The highest BCUT2D eigenvalue weighted by atomic mass is 16.7. The highest BCUT2D eigenvalue weighted by Gasteiger charge is 2.23. The predicted molar refractivity (Wildman–Crippen MR) is 59.4 cm³/mol. The lowest BCUT2D eigenvalue weighted by atomic mass is 10.1. The minimum atomic E-state index is -0.489. The van der Waals surface area contributed by atoms with Crippen LogP contribution in [0.5, 0.6) is 0 Å². The van der Waals surface area contributed by atoms with Gasteiger partial charge in [-0.2, -0.15) is 0 Å². The van der Waals surface area contributed by atoms with Crippen molar-refractivity contribution in [3.8, 4) is 0 Å². The van der Waals surface area contributed by atoms with Crippen LogP contribution in [0.25, 0.3) is 0 Å². The first kappa shape index (κ1) is 11.5. The molecule has 6 nitrogen and oxygen atoms in total. The third kappa shape index (κ3) is 2.26. The van der Waals surface area contributed by atoms with E-state index < -0.39 is 4.92 Å². The molecule has 0 unspecified atom stereocenters. The molecular weight excluding hydrogens is 224 g/mol. The fourth-order valence-electron chi connectivity index (χ4n) is 1.69. The number of hydrogen-bond acceptors (Lipinski definition) is 4. The summed E-state index contributed by atoms with van der Waals surface area (Å²) < 4.78 is 0. The topological polar surface area (TPSA) is 72.7 Å². The van der Waals surface area contributed by atoms with Crippen molar-refractivity contribution in [3.63, 3.8) is 0 Å². The maximum Gasteiger partial charge on any atom is 0.277 e. The number of nitro benzene ring substituents is 1. The van der Waals surface area contributed by atoms with Crippen molar-refractivity contribution in [1.29, 1.82) is 0 Å². The minimum Gasteiger partial charge on any atom is -0.271 e. The Hall–Kier alpha value is -1.95. The van der Waals surface area contributed by atoms with E-state index in [1.807, 2.05) is 0 Å². The van der Waals surface area contributed by atoms with Gasteiger partial charge in [-0.05, 0) is 19.4 Å². The average Bonchev–Trinajstić information content (AvgIpc) is 2.81. The summed E-state index contributed by atoms with van der Waals surface area (Å²) in [6.45, 7) is 2.68. The Morgan fingerprint density at radius 2 is 2.29 bits per heavy atom. The van der Waals surface area contributed by atoms with Crippen LogP contribution in [0, 0.1) is 17.0 Å². The van der Waals surface area contributed by atoms with Gasteiger partial charge < -0.3 is 0 Å². The molecule has 2 rings (SSSR count). The van der Waals surface area contributed by atoms with E-state index in [0.717, 1.165) is 6.42 Å². The number of rotatable bonds is 2. The molecule has 1 aromatic carbocycles. The molecule has 1 saturated heterocycles. The first-order valence-corrected chi connectivity index (χ1v) is 5.29. The number of hydroxylamine groups is 2. The maximum atomic E-state index is 11.9. The lowest BCUT2D eigenvalue weighted by Crippen LogP contribution is -2.26. The molecule has 0 aliphatic carbocycles. The molecule has 0 radical (unpaired) electrons. The molecule has 90 valence electrons. The van der Waals surface area contributed by atoms with Crippen molar-refractivity contribution in [3.05, 3.63) is 39.4 Å².